The average Bonchev–Trinajstić information content (AvgIpc) is 2.62. The zero-order valence-corrected chi connectivity index (χ0v) is 11.1. The van der Waals surface area contributed by atoms with E-state index in [1.165, 1.54) is 42.0 Å². The molecule has 2 rings (SSSR count). The molecule has 1 fully saturated rings. The molecule has 90 valence electrons. The van der Waals surface area contributed by atoms with E-state index >= 15 is 0 Å². The Morgan fingerprint density at radius 2 is 2.38 bits per heavy atom. The summed E-state index contributed by atoms with van der Waals surface area (Å²) in [6.45, 7) is 5.44. The van der Waals surface area contributed by atoms with Crippen LogP contribution in [0.2, 0.25) is 0 Å². The van der Waals surface area contributed by atoms with Gasteiger partial charge in [-0.15, -0.1) is 11.3 Å². The molecular formula is C13H22N2S. The standard InChI is InChI=1S/C13H22N2S/c1-3-7-14-12(8-11-5-4-6-11)13-9-15-10(2)16-13/h9,11-12,14H,3-8H2,1-2H3. The third kappa shape index (κ3) is 3.05. The van der Waals surface area contributed by atoms with Crippen LogP contribution < -0.4 is 5.32 Å². The minimum atomic E-state index is 0.552. The zero-order chi connectivity index (χ0) is 11.4. The van der Waals surface area contributed by atoms with Gasteiger partial charge in [0.15, 0.2) is 0 Å². The molecule has 0 saturated heterocycles. The summed E-state index contributed by atoms with van der Waals surface area (Å²) in [5.74, 6) is 0.955. The van der Waals surface area contributed by atoms with Crippen molar-refractivity contribution < 1.29 is 0 Å². The van der Waals surface area contributed by atoms with Crippen LogP contribution >= 0.6 is 11.3 Å². The number of nitrogens with zero attached hydrogens (tertiary/aromatic N) is 1. The van der Waals surface area contributed by atoms with E-state index in [4.69, 9.17) is 0 Å². The molecule has 1 aliphatic carbocycles. The number of hydrogen-bond acceptors (Lipinski definition) is 3. The van der Waals surface area contributed by atoms with Gasteiger partial charge in [-0.05, 0) is 32.2 Å². The quantitative estimate of drug-likeness (QED) is 0.817. The molecule has 0 aromatic carbocycles. The topological polar surface area (TPSA) is 24.9 Å². The molecule has 16 heavy (non-hydrogen) atoms. The molecule has 0 spiro atoms. The van der Waals surface area contributed by atoms with Crippen molar-refractivity contribution in [2.75, 3.05) is 6.54 Å². The van der Waals surface area contributed by atoms with Gasteiger partial charge in [-0.25, -0.2) is 4.98 Å². The largest absolute Gasteiger partial charge is 0.309 e. The molecule has 1 N–H and O–H groups in total. The number of nitrogens with one attached hydrogen (secondary N) is 1. The summed E-state index contributed by atoms with van der Waals surface area (Å²) in [4.78, 5) is 5.80. The summed E-state index contributed by atoms with van der Waals surface area (Å²) in [7, 11) is 0. The fourth-order valence-electron chi connectivity index (χ4n) is 2.22. The average molecular weight is 238 g/mol. The second-order valence-corrected chi connectivity index (χ2v) is 6.09. The van der Waals surface area contributed by atoms with Gasteiger partial charge in [0.05, 0.1) is 5.01 Å². The van der Waals surface area contributed by atoms with Gasteiger partial charge in [-0.2, -0.15) is 0 Å². The predicted octanol–water partition coefficient (Wildman–Crippen LogP) is 3.68. The lowest BCUT2D eigenvalue weighted by Gasteiger charge is -2.29. The van der Waals surface area contributed by atoms with Crippen LogP contribution in [0.25, 0.3) is 0 Å². The minimum absolute atomic E-state index is 0.552. The first-order valence-corrected chi connectivity index (χ1v) is 7.27. The van der Waals surface area contributed by atoms with Gasteiger partial charge in [0.2, 0.25) is 0 Å². The molecule has 1 unspecified atom stereocenters. The van der Waals surface area contributed by atoms with Gasteiger partial charge in [-0.1, -0.05) is 26.2 Å². The van der Waals surface area contributed by atoms with Gasteiger partial charge in [0, 0.05) is 17.1 Å². The maximum absolute atomic E-state index is 4.38. The van der Waals surface area contributed by atoms with E-state index in [9.17, 15) is 0 Å². The highest BCUT2D eigenvalue weighted by atomic mass is 32.1. The first kappa shape index (κ1) is 12.1. The van der Waals surface area contributed by atoms with E-state index in [1.54, 1.807) is 0 Å². The smallest absolute Gasteiger partial charge is 0.0897 e. The van der Waals surface area contributed by atoms with Crippen LogP contribution in [-0.4, -0.2) is 11.5 Å². The van der Waals surface area contributed by atoms with Crippen LogP contribution in [0.5, 0.6) is 0 Å². The second kappa shape index (κ2) is 5.78. The van der Waals surface area contributed by atoms with Gasteiger partial charge in [0.1, 0.15) is 0 Å². The van der Waals surface area contributed by atoms with E-state index in [0.29, 0.717) is 6.04 Å². The molecule has 0 radical (unpaired) electrons. The number of thiazole rings is 1. The Labute approximate surface area is 102 Å². The van der Waals surface area contributed by atoms with Crippen molar-refractivity contribution in [1.82, 2.24) is 10.3 Å². The SMILES string of the molecule is CCCNC(CC1CCC1)c1cnc(C)s1. The molecule has 1 heterocycles. The van der Waals surface area contributed by atoms with Crippen LogP contribution in [0.4, 0.5) is 0 Å². The van der Waals surface area contributed by atoms with Crippen LogP contribution in [0.15, 0.2) is 6.20 Å². The number of hydrogen-bond donors (Lipinski definition) is 1. The number of rotatable bonds is 6. The van der Waals surface area contributed by atoms with E-state index in [-0.39, 0.29) is 0 Å². The summed E-state index contributed by atoms with van der Waals surface area (Å²) in [6, 6.07) is 0.552. The van der Waals surface area contributed by atoms with Crippen LogP contribution in [0.3, 0.4) is 0 Å². The second-order valence-electron chi connectivity index (χ2n) is 4.82. The third-order valence-corrected chi connectivity index (χ3v) is 4.44. The lowest BCUT2D eigenvalue weighted by atomic mass is 9.80. The van der Waals surface area contributed by atoms with Gasteiger partial charge >= 0.3 is 0 Å². The predicted molar refractivity (Wildman–Crippen MR) is 69.8 cm³/mol. The Kier molecular flexibility index (Phi) is 4.36. The summed E-state index contributed by atoms with van der Waals surface area (Å²) in [5.41, 5.74) is 0. The zero-order valence-electron chi connectivity index (χ0n) is 10.3. The van der Waals surface area contributed by atoms with Crippen molar-refractivity contribution in [2.45, 2.75) is 52.0 Å². The highest BCUT2D eigenvalue weighted by molar-refractivity contribution is 7.11. The maximum Gasteiger partial charge on any atom is 0.0897 e. The van der Waals surface area contributed by atoms with Crippen molar-refractivity contribution in [3.05, 3.63) is 16.1 Å². The van der Waals surface area contributed by atoms with Crippen molar-refractivity contribution >= 4 is 11.3 Å². The summed E-state index contributed by atoms with van der Waals surface area (Å²) in [6.07, 6.45) is 8.88. The van der Waals surface area contributed by atoms with E-state index < -0.39 is 0 Å². The molecule has 2 nitrogen and oxygen atoms in total. The van der Waals surface area contributed by atoms with Crippen LogP contribution in [0, 0.1) is 12.8 Å². The van der Waals surface area contributed by atoms with Crippen molar-refractivity contribution in [2.24, 2.45) is 5.92 Å². The Hall–Kier alpha value is -0.410. The first-order valence-electron chi connectivity index (χ1n) is 6.45. The number of aryl methyl sites for hydroxylation is 1. The summed E-state index contributed by atoms with van der Waals surface area (Å²) >= 11 is 1.85. The Bertz CT molecular complexity index is 317. The Morgan fingerprint density at radius 3 is 2.88 bits per heavy atom. The molecule has 1 atom stereocenters. The molecule has 1 aromatic heterocycles. The first-order chi connectivity index (χ1) is 7.79. The lowest BCUT2D eigenvalue weighted by Crippen LogP contribution is -2.26. The Balaban J connectivity index is 1.95. The minimum Gasteiger partial charge on any atom is -0.309 e. The number of aromatic nitrogens is 1. The molecule has 3 heteroatoms. The van der Waals surface area contributed by atoms with Crippen molar-refractivity contribution in [1.29, 1.82) is 0 Å². The lowest BCUT2D eigenvalue weighted by molar-refractivity contribution is 0.262. The van der Waals surface area contributed by atoms with Crippen molar-refractivity contribution in [3.8, 4) is 0 Å². The molecular weight excluding hydrogens is 216 g/mol. The van der Waals surface area contributed by atoms with E-state index in [2.05, 4.69) is 30.3 Å². The fourth-order valence-corrected chi connectivity index (χ4v) is 3.09. The van der Waals surface area contributed by atoms with Crippen LogP contribution in [0.1, 0.15) is 55.0 Å². The molecule has 1 aromatic rings. The van der Waals surface area contributed by atoms with E-state index in [1.807, 2.05) is 11.3 Å². The van der Waals surface area contributed by atoms with Gasteiger partial charge in [0.25, 0.3) is 0 Å². The Morgan fingerprint density at radius 1 is 1.56 bits per heavy atom. The summed E-state index contributed by atoms with van der Waals surface area (Å²) < 4.78 is 0. The monoisotopic (exact) mass is 238 g/mol. The molecule has 0 aliphatic heterocycles. The third-order valence-electron chi connectivity index (χ3n) is 3.42. The maximum atomic E-state index is 4.38. The fraction of sp³-hybridized carbons (Fsp3) is 0.769. The van der Waals surface area contributed by atoms with Crippen molar-refractivity contribution in [3.63, 3.8) is 0 Å². The molecule has 1 saturated carbocycles. The molecule has 0 bridgehead atoms. The summed E-state index contributed by atoms with van der Waals surface area (Å²) in [5, 5.41) is 4.86. The van der Waals surface area contributed by atoms with Gasteiger partial charge < -0.3 is 5.32 Å². The highest BCUT2D eigenvalue weighted by Crippen LogP contribution is 2.36. The molecule has 1 aliphatic rings. The normalized spacial score (nSPS) is 18.4. The van der Waals surface area contributed by atoms with Gasteiger partial charge in [-0.3, -0.25) is 0 Å². The molecule has 0 amide bonds. The van der Waals surface area contributed by atoms with E-state index in [0.717, 1.165) is 12.5 Å². The highest BCUT2D eigenvalue weighted by Gasteiger charge is 2.23. The van der Waals surface area contributed by atoms with Crippen LogP contribution in [-0.2, 0) is 0 Å².